The number of carboxylic acids is 1. The fourth-order valence-electron chi connectivity index (χ4n) is 1.44. The third-order valence-electron chi connectivity index (χ3n) is 2.13. The fraction of sp³-hybridized carbons (Fsp3) is 0.200. The number of nitrogens with zero attached hydrogens (tertiary/aromatic N) is 4. The van der Waals surface area contributed by atoms with Crippen molar-refractivity contribution in [3.63, 3.8) is 0 Å². The van der Waals surface area contributed by atoms with E-state index in [0.717, 1.165) is 0 Å². The van der Waals surface area contributed by atoms with Crippen LogP contribution in [0.3, 0.4) is 0 Å². The molecular weight excluding hydrogens is 244 g/mol. The highest BCUT2D eigenvalue weighted by atomic mass is 35.5. The smallest absolute Gasteiger partial charge is 0.356 e. The fourth-order valence-corrected chi connectivity index (χ4v) is 1.62. The molecule has 0 bridgehead atoms. The van der Waals surface area contributed by atoms with Crippen molar-refractivity contribution in [3.05, 3.63) is 34.5 Å². The Labute approximate surface area is 102 Å². The van der Waals surface area contributed by atoms with Crippen LogP contribution in [0.4, 0.5) is 0 Å². The average molecular weight is 253 g/mol. The lowest BCUT2D eigenvalue weighted by Crippen LogP contribution is -2.08. The molecule has 1 N–H and O–H groups in total. The van der Waals surface area contributed by atoms with Crippen molar-refractivity contribution in [1.29, 1.82) is 0 Å². The third kappa shape index (κ3) is 2.12. The summed E-state index contributed by atoms with van der Waals surface area (Å²) in [5.74, 6) is 0.432. The van der Waals surface area contributed by atoms with Crippen LogP contribution in [-0.2, 0) is 0 Å². The van der Waals surface area contributed by atoms with Gasteiger partial charge in [0.05, 0.1) is 5.02 Å². The first-order valence-corrected chi connectivity index (χ1v) is 5.17. The molecule has 0 aliphatic rings. The number of aromatic nitrogens is 4. The number of carboxylic acid groups (broad SMARTS) is 1. The summed E-state index contributed by atoms with van der Waals surface area (Å²) >= 11 is 5.74. The predicted octanol–water partition coefficient (Wildman–Crippen LogP) is 1.63. The van der Waals surface area contributed by atoms with E-state index in [0.29, 0.717) is 17.5 Å². The third-order valence-corrected chi connectivity index (χ3v) is 2.43. The van der Waals surface area contributed by atoms with E-state index in [9.17, 15) is 4.79 Å². The van der Waals surface area contributed by atoms with Crippen molar-refractivity contribution in [2.75, 3.05) is 0 Å². The Kier molecular flexibility index (Phi) is 2.81. The van der Waals surface area contributed by atoms with E-state index in [4.69, 9.17) is 16.7 Å². The maximum Gasteiger partial charge on any atom is 0.356 e. The largest absolute Gasteiger partial charge is 0.476 e. The first kappa shape index (κ1) is 11.5. The van der Waals surface area contributed by atoms with Crippen molar-refractivity contribution in [2.45, 2.75) is 13.8 Å². The van der Waals surface area contributed by atoms with E-state index >= 15 is 0 Å². The molecule has 0 spiro atoms. The van der Waals surface area contributed by atoms with Crippen molar-refractivity contribution < 1.29 is 9.90 Å². The maximum atomic E-state index is 10.9. The van der Waals surface area contributed by atoms with Gasteiger partial charge in [0, 0.05) is 0 Å². The van der Waals surface area contributed by atoms with Gasteiger partial charge in [-0.25, -0.2) is 14.8 Å². The van der Waals surface area contributed by atoms with Crippen LogP contribution in [0.1, 0.15) is 22.1 Å². The SMILES string of the molecule is Cc1nc(C)n(-c2ccc(Cl)c(C(=O)O)n2)n1. The lowest BCUT2D eigenvalue weighted by molar-refractivity contribution is 0.0690. The van der Waals surface area contributed by atoms with Gasteiger partial charge in [0.2, 0.25) is 0 Å². The summed E-state index contributed by atoms with van der Waals surface area (Å²) in [4.78, 5) is 19.0. The van der Waals surface area contributed by atoms with Crippen molar-refractivity contribution in [2.24, 2.45) is 0 Å². The molecule has 0 aliphatic carbocycles. The molecule has 0 aliphatic heterocycles. The number of hydrogen-bond donors (Lipinski definition) is 1. The quantitative estimate of drug-likeness (QED) is 0.879. The Morgan fingerprint density at radius 2 is 2.06 bits per heavy atom. The van der Waals surface area contributed by atoms with Crippen molar-refractivity contribution in [3.8, 4) is 5.82 Å². The molecule has 0 aromatic carbocycles. The Morgan fingerprint density at radius 3 is 2.59 bits per heavy atom. The molecule has 2 heterocycles. The summed E-state index contributed by atoms with van der Waals surface area (Å²) in [6, 6.07) is 3.07. The van der Waals surface area contributed by atoms with Crippen molar-refractivity contribution in [1.82, 2.24) is 19.7 Å². The minimum atomic E-state index is -1.17. The van der Waals surface area contributed by atoms with Gasteiger partial charge in [-0.2, -0.15) is 4.68 Å². The minimum Gasteiger partial charge on any atom is -0.476 e. The second kappa shape index (κ2) is 4.14. The molecule has 0 atom stereocenters. The molecule has 7 heteroatoms. The normalized spacial score (nSPS) is 10.5. The number of rotatable bonds is 2. The average Bonchev–Trinajstić information content (AvgIpc) is 2.58. The second-order valence-electron chi connectivity index (χ2n) is 3.42. The Bertz CT molecular complexity index is 594. The molecule has 0 radical (unpaired) electrons. The van der Waals surface area contributed by atoms with Crippen LogP contribution in [0.5, 0.6) is 0 Å². The Hall–Kier alpha value is -1.95. The zero-order valence-corrected chi connectivity index (χ0v) is 9.93. The van der Waals surface area contributed by atoms with Gasteiger partial charge in [0.15, 0.2) is 11.5 Å². The van der Waals surface area contributed by atoms with Gasteiger partial charge >= 0.3 is 5.97 Å². The highest BCUT2D eigenvalue weighted by molar-refractivity contribution is 6.33. The van der Waals surface area contributed by atoms with Gasteiger partial charge in [0.25, 0.3) is 0 Å². The van der Waals surface area contributed by atoms with Crippen LogP contribution >= 0.6 is 11.6 Å². The minimum absolute atomic E-state index is 0.0933. The summed E-state index contributed by atoms with van der Waals surface area (Å²) in [6.45, 7) is 3.51. The topological polar surface area (TPSA) is 80.9 Å². The summed E-state index contributed by atoms with van der Waals surface area (Å²) in [7, 11) is 0. The standard InChI is InChI=1S/C10H9ClN4O2/c1-5-12-6(2)15(14-5)8-4-3-7(11)9(13-8)10(16)17/h3-4H,1-2H3,(H,16,17). The highest BCUT2D eigenvalue weighted by Crippen LogP contribution is 2.16. The molecule has 0 saturated carbocycles. The molecule has 0 amide bonds. The molecule has 17 heavy (non-hydrogen) atoms. The number of halogens is 1. The number of pyridine rings is 1. The van der Waals surface area contributed by atoms with Gasteiger partial charge in [-0.15, -0.1) is 5.10 Å². The Balaban J connectivity index is 2.57. The lowest BCUT2D eigenvalue weighted by atomic mass is 10.3. The first-order valence-electron chi connectivity index (χ1n) is 4.79. The summed E-state index contributed by atoms with van der Waals surface area (Å²) in [5.41, 5.74) is -0.197. The van der Waals surface area contributed by atoms with E-state index in [1.165, 1.54) is 10.7 Å². The molecule has 0 unspecified atom stereocenters. The first-order chi connectivity index (χ1) is 7.99. The molecule has 0 saturated heterocycles. The maximum absolute atomic E-state index is 10.9. The number of carbonyl (C=O) groups is 1. The van der Waals surface area contributed by atoms with Crippen LogP contribution in [-0.4, -0.2) is 30.8 Å². The summed E-state index contributed by atoms with van der Waals surface area (Å²) in [6.07, 6.45) is 0. The monoisotopic (exact) mass is 252 g/mol. The van der Waals surface area contributed by atoms with E-state index in [-0.39, 0.29) is 10.7 Å². The zero-order chi connectivity index (χ0) is 12.6. The van der Waals surface area contributed by atoms with Gasteiger partial charge in [-0.3, -0.25) is 0 Å². The van der Waals surface area contributed by atoms with E-state index < -0.39 is 5.97 Å². The van der Waals surface area contributed by atoms with E-state index in [2.05, 4.69) is 15.1 Å². The van der Waals surface area contributed by atoms with Crippen LogP contribution in [0.25, 0.3) is 5.82 Å². The predicted molar refractivity (Wildman–Crippen MR) is 60.6 cm³/mol. The molecule has 2 aromatic heterocycles. The van der Waals surface area contributed by atoms with Gasteiger partial charge in [0.1, 0.15) is 11.6 Å². The van der Waals surface area contributed by atoms with Gasteiger partial charge in [-0.05, 0) is 26.0 Å². The Morgan fingerprint density at radius 1 is 1.35 bits per heavy atom. The van der Waals surface area contributed by atoms with Crippen LogP contribution in [0, 0.1) is 13.8 Å². The molecule has 6 nitrogen and oxygen atoms in total. The molecule has 2 rings (SSSR count). The zero-order valence-electron chi connectivity index (χ0n) is 9.18. The number of aromatic carboxylic acids is 1. The molecular formula is C10H9ClN4O2. The number of aryl methyl sites for hydroxylation is 2. The highest BCUT2D eigenvalue weighted by Gasteiger charge is 2.14. The van der Waals surface area contributed by atoms with Crippen LogP contribution in [0.2, 0.25) is 5.02 Å². The molecule has 0 fully saturated rings. The van der Waals surface area contributed by atoms with Gasteiger partial charge in [-0.1, -0.05) is 11.6 Å². The second-order valence-corrected chi connectivity index (χ2v) is 3.83. The van der Waals surface area contributed by atoms with E-state index in [1.807, 2.05) is 0 Å². The van der Waals surface area contributed by atoms with E-state index in [1.54, 1.807) is 19.9 Å². The molecule has 88 valence electrons. The summed E-state index contributed by atoms with van der Waals surface area (Å²) in [5, 5.41) is 13.1. The van der Waals surface area contributed by atoms with Crippen molar-refractivity contribution >= 4 is 17.6 Å². The number of hydrogen-bond acceptors (Lipinski definition) is 4. The lowest BCUT2D eigenvalue weighted by Gasteiger charge is -2.04. The molecule has 2 aromatic rings. The van der Waals surface area contributed by atoms with Crippen LogP contribution in [0.15, 0.2) is 12.1 Å². The summed E-state index contributed by atoms with van der Waals surface area (Å²) < 4.78 is 1.47. The van der Waals surface area contributed by atoms with Crippen LogP contribution < -0.4 is 0 Å². The van der Waals surface area contributed by atoms with Gasteiger partial charge < -0.3 is 5.11 Å².